The lowest BCUT2D eigenvalue weighted by atomic mass is 9.87. The summed E-state index contributed by atoms with van der Waals surface area (Å²) in [6.07, 6.45) is 1.58. The number of benzene rings is 2. The molecule has 2 aromatic carbocycles. The van der Waals surface area contributed by atoms with Crippen LogP contribution in [0.25, 0.3) is 11.1 Å². The highest BCUT2D eigenvalue weighted by atomic mass is 16.5. The molecule has 218 valence electrons. The lowest BCUT2D eigenvalue weighted by molar-refractivity contribution is -0.153. The maximum atomic E-state index is 13.0. The molecule has 0 amide bonds. The average molecular weight is 549 g/mol. The first-order valence-corrected chi connectivity index (χ1v) is 14.5. The summed E-state index contributed by atoms with van der Waals surface area (Å²) in [5.74, 6) is -0.560. The molecule has 0 saturated carbocycles. The summed E-state index contributed by atoms with van der Waals surface area (Å²) < 4.78 is 11.5. The van der Waals surface area contributed by atoms with Crippen LogP contribution in [0.5, 0.6) is 0 Å². The van der Waals surface area contributed by atoms with E-state index in [1.165, 1.54) is 0 Å². The first-order chi connectivity index (χ1) is 18.5. The van der Waals surface area contributed by atoms with Crippen molar-refractivity contribution in [1.82, 2.24) is 9.80 Å². The van der Waals surface area contributed by atoms with Gasteiger partial charge < -0.3 is 9.47 Å². The van der Waals surface area contributed by atoms with E-state index in [9.17, 15) is 9.59 Å². The Labute approximate surface area is 241 Å². The normalized spacial score (nSPS) is 25.1. The van der Waals surface area contributed by atoms with Gasteiger partial charge in [-0.2, -0.15) is 0 Å². The Balaban J connectivity index is 1.30. The van der Waals surface area contributed by atoms with Crippen LogP contribution in [0.4, 0.5) is 0 Å². The topological polar surface area (TPSA) is 59.1 Å². The van der Waals surface area contributed by atoms with E-state index in [-0.39, 0.29) is 59.1 Å². The number of nitrogens with zero attached hydrogens (tertiary/aromatic N) is 2. The molecule has 2 unspecified atom stereocenters. The maximum absolute atomic E-state index is 13.0. The number of carbonyl (C=O) groups is 2. The van der Waals surface area contributed by atoms with Gasteiger partial charge in [-0.25, -0.2) is 0 Å². The van der Waals surface area contributed by atoms with Crippen LogP contribution in [0.3, 0.4) is 0 Å². The van der Waals surface area contributed by atoms with Crippen LogP contribution in [0.2, 0.25) is 0 Å². The smallest absolute Gasteiger partial charge is 0.311 e. The van der Waals surface area contributed by atoms with E-state index in [0.29, 0.717) is 0 Å². The van der Waals surface area contributed by atoms with Gasteiger partial charge in [-0.3, -0.25) is 19.4 Å². The minimum atomic E-state index is -0.240. The van der Waals surface area contributed by atoms with E-state index in [4.69, 9.17) is 9.47 Å². The van der Waals surface area contributed by atoms with Gasteiger partial charge in [-0.1, -0.05) is 48.5 Å². The van der Waals surface area contributed by atoms with Gasteiger partial charge in [0.2, 0.25) is 0 Å². The summed E-state index contributed by atoms with van der Waals surface area (Å²) >= 11 is 0. The zero-order chi connectivity index (χ0) is 29.7. The molecule has 40 heavy (non-hydrogen) atoms. The number of hydrogen-bond donors (Lipinski definition) is 0. The average Bonchev–Trinajstić information content (AvgIpc) is 3.18. The van der Waals surface area contributed by atoms with Crippen molar-refractivity contribution < 1.29 is 19.1 Å². The third kappa shape index (κ3) is 5.71. The lowest BCUT2D eigenvalue weighted by Crippen LogP contribution is -2.48. The van der Waals surface area contributed by atoms with Gasteiger partial charge in [0.25, 0.3) is 0 Å². The Hall–Kier alpha value is -2.70. The molecule has 2 aliphatic heterocycles. The van der Waals surface area contributed by atoms with Crippen molar-refractivity contribution in [3.05, 3.63) is 59.7 Å². The van der Waals surface area contributed by atoms with Gasteiger partial charge in [-0.05, 0) is 105 Å². The fraction of sp³-hybridized carbons (Fsp3) is 0.588. The van der Waals surface area contributed by atoms with Crippen LogP contribution < -0.4 is 0 Å². The van der Waals surface area contributed by atoms with E-state index < -0.39 is 0 Å². The van der Waals surface area contributed by atoms with Crippen molar-refractivity contribution in [1.29, 1.82) is 0 Å². The Bertz CT molecular complexity index is 1130. The number of carbonyl (C=O) groups excluding carboxylic acids is 2. The van der Waals surface area contributed by atoms with E-state index in [1.807, 2.05) is 24.3 Å². The molecule has 0 spiro atoms. The van der Waals surface area contributed by atoms with Gasteiger partial charge in [0.15, 0.2) is 0 Å². The molecule has 0 aliphatic carbocycles. The minimum absolute atomic E-state index is 0.0346. The van der Waals surface area contributed by atoms with E-state index in [1.54, 1.807) is 0 Å². The molecule has 0 radical (unpaired) electrons. The molecular formula is C34H48N2O4. The number of ether oxygens (including phenoxy) is 2. The minimum Gasteiger partial charge on any atom is -0.461 e. The molecule has 4 rings (SSSR count). The van der Waals surface area contributed by atoms with Crippen molar-refractivity contribution in [3.63, 3.8) is 0 Å². The number of hydrogen-bond acceptors (Lipinski definition) is 6. The predicted molar refractivity (Wildman–Crippen MR) is 160 cm³/mol. The number of esters is 2. The van der Waals surface area contributed by atoms with E-state index >= 15 is 0 Å². The molecule has 2 fully saturated rings. The molecule has 2 saturated heterocycles. The molecule has 6 nitrogen and oxygen atoms in total. The number of rotatable bonds is 7. The molecule has 2 aromatic rings. The quantitative estimate of drug-likeness (QED) is 0.370. The van der Waals surface area contributed by atoms with E-state index in [0.717, 1.165) is 35.1 Å². The van der Waals surface area contributed by atoms with Crippen molar-refractivity contribution in [3.8, 4) is 11.1 Å². The van der Waals surface area contributed by atoms with Gasteiger partial charge in [-0.15, -0.1) is 0 Å². The predicted octanol–water partition coefficient (Wildman–Crippen LogP) is 6.46. The first-order valence-electron chi connectivity index (χ1n) is 14.5. The SMILES string of the molecule is CN1C(C)(C)CC(C(=O)OCc2ccc(-c3ccc(COC(=O)C4CC(C)(C)N(C)C4(C)C)cc3)cc2)C1(C)C. The van der Waals surface area contributed by atoms with Crippen molar-refractivity contribution in [2.45, 2.75) is 104 Å². The zero-order valence-electron chi connectivity index (χ0n) is 26.1. The van der Waals surface area contributed by atoms with Crippen LogP contribution in [-0.4, -0.2) is 58.0 Å². The van der Waals surface area contributed by atoms with Gasteiger partial charge >= 0.3 is 11.9 Å². The summed E-state index contributed by atoms with van der Waals surface area (Å²) in [7, 11) is 4.17. The van der Waals surface area contributed by atoms with E-state index in [2.05, 4.69) is 104 Å². The summed E-state index contributed by atoms with van der Waals surface area (Å²) in [4.78, 5) is 30.5. The molecule has 0 aromatic heterocycles. The summed E-state index contributed by atoms with van der Waals surface area (Å²) in [5.41, 5.74) is 3.54. The second-order valence-corrected chi connectivity index (χ2v) is 14.2. The lowest BCUT2D eigenvalue weighted by Gasteiger charge is -2.37. The highest BCUT2D eigenvalue weighted by molar-refractivity contribution is 5.75. The fourth-order valence-corrected chi connectivity index (χ4v) is 6.64. The maximum Gasteiger partial charge on any atom is 0.311 e. The second kappa shape index (κ2) is 10.6. The van der Waals surface area contributed by atoms with Crippen LogP contribution in [0.15, 0.2) is 48.5 Å². The molecule has 2 aliphatic rings. The molecule has 0 N–H and O–H groups in total. The largest absolute Gasteiger partial charge is 0.461 e. The molecule has 0 bridgehead atoms. The number of likely N-dealkylation sites (tertiary alicyclic amines) is 2. The third-order valence-electron chi connectivity index (χ3n) is 10.2. The highest BCUT2D eigenvalue weighted by Gasteiger charge is 2.54. The van der Waals surface area contributed by atoms with Crippen molar-refractivity contribution >= 4 is 11.9 Å². The fourth-order valence-electron chi connectivity index (χ4n) is 6.64. The monoisotopic (exact) mass is 548 g/mol. The summed E-state index contributed by atoms with van der Waals surface area (Å²) in [6.45, 7) is 17.7. The van der Waals surface area contributed by atoms with Crippen molar-refractivity contribution in [2.75, 3.05) is 14.1 Å². The molecule has 6 heteroatoms. The van der Waals surface area contributed by atoms with Gasteiger partial charge in [0.05, 0.1) is 11.8 Å². The second-order valence-electron chi connectivity index (χ2n) is 14.2. The Morgan fingerprint density at radius 3 is 1.18 bits per heavy atom. The van der Waals surface area contributed by atoms with Crippen LogP contribution >= 0.6 is 0 Å². The standard InChI is InChI=1S/C34H48N2O4/c1-31(2)19-27(33(5,6)35(31)9)29(37)39-21-23-11-15-25(16-12-23)26-17-13-24(14-18-26)22-40-30(38)28-20-32(3,4)36(10)34(28,7)8/h11-18,27-28H,19-22H2,1-10H3. The Morgan fingerprint density at radius 1 is 0.625 bits per heavy atom. The molecule has 2 heterocycles. The zero-order valence-corrected chi connectivity index (χ0v) is 26.1. The highest BCUT2D eigenvalue weighted by Crippen LogP contribution is 2.45. The van der Waals surface area contributed by atoms with Crippen LogP contribution in [0.1, 0.15) is 79.4 Å². The molecule has 2 atom stereocenters. The van der Waals surface area contributed by atoms with Crippen molar-refractivity contribution in [2.24, 2.45) is 11.8 Å². The molecular weight excluding hydrogens is 500 g/mol. The summed E-state index contributed by atoms with van der Waals surface area (Å²) in [6, 6.07) is 16.2. The van der Waals surface area contributed by atoms with Crippen LogP contribution in [-0.2, 0) is 32.3 Å². The third-order valence-corrected chi connectivity index (χ3v) is 10.2. The first kappa shape index (κ1) is 30.3. The Kier molecular flexibility index (Phi) is 8.03. The van der Waals surface area contributed by atoms with Gasteiger partial charge in [0, 0.05) is 22.2 Å². The van der Waals surface area contributed by atoms with Crippen LogP contribution in [0, 0.1) is 11.8 Å². The Morgan fingerprint density at radius 2 is 0.925 bits per heavy atom. The summed E-state index contributed by atoms with van der Waals surface area (Å²) in [5, 5.41) is 0. The van der Waals surface area contributed by atoms with Gasteiger partial charge in [0.1, 0.15) is 13.2 Å².